The Morgan fingerprint density at radius 2 is 1.90 bits per heavy atom. The van der Waals surface area contributed by atoms with E-state index in [1.807, 2.05) is 0 Å². The smallest absolute Gasteiger partial charge is 0.310 e. The number of carbonyl (C=O) groups is 2. The van der Waals surface area contributed by atoms with Crippen LogP contribution in [0, 0.1) is 11.3 Å². The van der Waals surface area contributed by atoms with Gasteiger partial charge in [0.05, 0.1) is 11.3 Å². The Labute approximate surface area is 124 Å². The molecular formula is C16H21NO4. The van der Waals surface area contributed by atoms with Gasteiger partial charge < -0.3 is 15.6 Å². The highest BCUT2D eigenvalue weighted by molar-refractivity contribution is 5.93. The minimum atomic E-state index is -0.862. The first-order valence-electron chi connectivity index (χ1n) is 6.95. The molecule has 3 N–H and O–H groups in total. The van der Waals surface area contributed by atoms with Crippen LogP contribution in [-0.4, -0.2) is 22.6 Å². The van der Waals surface area contributed by atoms with Gasteiger partial charge in [0.25, 0.3) is 0 Å². The van der Waals surface area contributed by atoms with E-state index in [2.05, 4.69) is 0 Å². The van der Waals surface area contributed by atoms with Crippen molar-refractivity contribution in [3.8, 4) is 5.75 Å². The minimum absolute atomic E-state index is 0.159. The maximum atomic E-state index is 12.1. The van der Waals surface area contributed by atoms with E-state index in [0.717, 1.165) is 5.56 Å². The number of esters is 1. The van der Waals surface area contributed by atoms with Gasteiger partial charge in [-0.2, -0.15) is 0 Å². The van der Waals surface area contributed by atoms with Crippen molar-refractivity contribution in [2.45, 2.75) is 39.2 Å². The summed E-state index contributed by atoms with van der Waals surface area (Å²) >= 11 is 0. The maximum Gasteiger partial charge on any atom is 0.310 e. The van der Waals surface area contributed by atoms with E-state index < -0.39 is 22.8 Å². The molecule has 2 rings (SSSR count). The monoisotopic (exact) mass is 291 g/mol. The summed E-state index contributed by atoms with van der Waals surface area (Å²) in [5.41, 5.74) is 4.92. The topological polar surface area (TPSA) is 89.6 Å². The Hall–Kier alpha value is -2.04. The number of ether oxygens (including phenoxy) is 1. The first-order valence-corrected chi connectivity index (χ1v) is 6.95. The zero-order chi connectivity index (χ0) is 15.8. The summed E-state index contributed by atoms with van der Waals surface area (Å²) in [7, 11) is 0. The summed E-state index contributed by atoms with van der Waals surface area (Å²) in [6.45, 7) is 5.37. The highest BCUT2D eigenvalue weighted by Gasteiger charge is 2.63. The lowest BCUT2D eigenvalue weighted by molar-refractivity contribution is -0.158. The number of primary amides is 1. The number of aromatic hydroxyl groups is 1. The van der Waals surface area contributed by atoms with Gasteiger partial charge in [0.15, 0.2) is 0 Å². The summed E-state index contributed by atoms with van der Waals surface area (Å²) in [6.07, 6.45) is 0.796. The predicted molar refractivity (Wildman–Crippen MR) is 77.4 cm³/mol. The zero-order valence-electron chi connectivity index (χ0n) is 12.6. The second-order valence-electron chi connectivity index (χ2n) is 6.65. The quantitative estimate of drug-likeness (QED) is 0.827. The molecule has 1 aliphatic carbocycles. The SMILES string of the molecule is CC(C)(C)OC(=O)[C@H]1C[C@]1(Cc1ccc(O)cc1)C(N)=O. The first-order chi connectivity index (χ1) is 9.64. The Kier molecular flexibility index (Phi) is 3.70. The molecule has 114 valence electrons. The lowest BCUT2D eigenvalue weighted by Gasteiger charge is -2.21. The highest BCUT2D eigenvalue weighted by atomic mass is 16.6. The molecule has 1 aromatic rings. The largest absolute Gasteiger partial charge is 0.508 e. The highest BCUT2D eigenvalue weighted by Crippen LogP contribution is 2.55. The van der Waals surface area contributed by atoms with Crippen molar-refractivity contribution in [1.29, 1.82) is 0 Å². The summed E-state index contributed by atoms with van der Waals surface area (Å²) in [6, 6.07) is 6.55. The molecule has 1 amide bonds. The Bertz CT molecular complexity index is 559. The molecule has 0 bridgehead atoms. The molecule has 0 heterocycles. The van der Waals surface area contributed by atoms with Crippen molar-refractivity contribution < 1.29 is 19.4 Å². The number of hydrogen-bond donors (Lipinski definition) is 2. The van der Waals surface area contributed by atoms with Crippen molar-refractivity contribution in [1.82, 2.24) is 0 Å². The first kappa shape index (κ1) is 15.4. The average Bonchev–Trinajstić information content (AvgIpc) is 3.06. The third-order valence-corrected chi connectivity index (χ3v) is 3.71. The van der Waals surface area contributed by atoms with Crippen LogP contribution in [0.2, 0.25) is 0 Å². The summed E-state index contributed by atoms with van der Waals surface area (Å²) in [5.74, 6) is -1.18. The lowest BCUT2D eigenvalue weighted by atomic mass is 9.93. The molecule has 1 fully saturated rings. The second kappa shape index (κ2) is 5.06. The summed E-state index contributed by atoms with van der Waals surface area (Å²) in [4.78, 5) is 23.9. The maximum absolute atomic E-state index is 12.1. The molecule has 0 aliphatic heterocycles. The van der Waals surface area contributed by atoms with E-state index in [1.165, 1.54) is 0 Å². The van der Waals surface area contributed by atoms with Crippen molar-refractivity contribution >= 4 is 11.9 Å². The molecule has 1 aromatic carbocycles. The number of hydrogen-bond acceptors (Lipinski definition) is 4. The molecule has 0 unspecified atom stereocenters. The minimum Gasteiger partial charge on any atom is -0.508 e. The van der Waals surface area contributed by atoms with Gasteiger partial charge >= 0.3 is 5.97 Å². The van der Waals surface area contributed by atoms with Gasteiger partial charge in [-0.25, -0.2) is 0 Å². The molecule has 2 atom stereocenters. The van der Waals surface area contributed by atoms with Gasteiger partial charge in [-0.3, -0.25) is 9.59 Å². The molecule has 0 aromatic heterocycles. The fraction of sp³-hybridized carbons (Fsp3) is 0.500. The number of phenols is 1. The predicted octanol–water partition coefficient (Wildman–Crippen LogP) is 1.77. The molecule has 21 heavy (non-hydrogen) atoms. The number of benzene rings is 1. The van der Waals surface area contributed by atoms with Crippen LogP contribution in [0.5, 0.6) is 5.75 Å². The van der Waals surface area contributed by atoms with Gasteiger partial charge in [-0.15, -0.1) is 0 Å². The summed E-state index contributed by atoms with van der Waals surface area (Å²) in [5, 5.41) is 9.28. The van der Waals surface area contributed by atoms with Crippen LogP contribution in [0.1, 0.15) is 32.8 Å². The second-order valence-corrected chi connectivity index (χ2v) is 6.65. The van der Waals surface area contributed by atoms with Gasteiger partial charge in [-0.05, 0) is 51.3 Å². The number of rotatable bonds is 4. The fourth-order valence-corrected chi connectivity index (χ4v) is 2.52. The van der Waals surface area contributed by atoms with Crippen molar-refractivity contribution in [2.24, 2.45) is 17.1 Å². The van der Waals surface area contributed by atoms with E-state index in [0.29, 0.717) is 12.8 Å². The van der Waals surface area contributed by atoms with Gasteiger partial charge in [0.1, 0.15) is 11.4 Å². The third-order valence-electron chi connectivity index (χ3n) is 3.71. The molecule has 0 saturated heterocycles. The van der Waals surface area contributed by atoms with Crippen molar-refractivity contribution in [3.05, 3.63) is 29.8 Å². The molecule has 1 aliphatic rings. The standard InChI is InChI=1S/C16H21NO4/c1-15(2,3)21-13(19)12-9-16(12,14(17)20)8-10-4-6-11(18)7-5-10/h4-7,12,18H,8-9H2,1-3H3,(H2,17,20)/t12-,16+/m1/s1. The number of carbonyl (C=O) groups excluding carboxylic acids is 2. The van der Waals surface area contributed by atoms with Gasteiger partial charge in [0, 0.05) is 0 Å². The van der Waals surface area contributed by atoms with Crippen LogP contribution in [-0.2, 0) is 20.7 Å². The molecule has 0 radical (unpaired) electrons. The molecule has 0 spiro atoms. The fourth-order valence-electron chi connectivity index (χ4n) is 2.52. The Balaban J connectivity index is 2.12. The van der Waals surface area contributed by atoms with Crippen LogP contribution < -0.4 is 5.73 Å². The van der Waals surface area contributed by atoms with Crippen LogP contribution in [0.3, 0.4) is 0 Å². The van der Waals surface area contributed by atoms with Crippen LogP contribution in [0.25, 0.3) is 0 Å². The number of amides is 1. The number of nitrogens with two attached hydrogens (primary N) is 1. The van der Waals surface area contributed by atoms with E-state index in [-0.39, 0.29) is 11.7 Å². The van der Waals surface area contributed by atoms with Crippen LogP contribution >= 0.6 is 0 Å². The van der Waals surface area contributed by atoms with Gasteiger partial charge in [0.2, 0.25) is 5.91 Å². The van der Waals surface area contributed by atoms with Crippen LogP contribution in [0.15, 0.2) is 24.3 Å². The van der Waals surface area contributed by atoms with E-state index in [4.69, 9.17) is 10.5 Å². The third kappa shape index (κ3) is 3.35. The van der Waals surface area contributed by atoms with E-state index in [1.54, 1.807) is 45.0 Å². The molecular weight excluding hydrogens is 270 g/mol. The molecule has 5 nitrogen and oxygen atoms in total. The van der Waals surface area contributed by atoms with E-state index >= 15 is 0 Å². The average molecular weight is 291 g/mol. The molecule has 1 saturated carbocycles. The Morgan fingerprint density at radius 3 is 2.38 bits per heavy atom. The number of phenolic OH excluding ortho intramolecular Hbond substituents is 1. The summed E-state index contributed by atoms with van der Waals surface area (Å²) < 4.78 is 5.34. The molecule has 5 heteroatoms. The van der Waals surface area contributed by atoms with Crippen molar-refractivity contribution in [2.75, 3.05) is 0 Å². The van der Waals surface area contributed by atoms with Crippen molar-refractivity contribution in [3.63, 3.8) is 0 Å². The zero-order valence-corrected chi connectivity index (χ0v) is 12.6. The Morgan fingerprint density at radius 1 is 1.33 bits per heavy atom. The lowest BCUT2D eigenvalue weighted by Crippen LogP contribution is -2.33. The van der Waals surface area contributed by atoms with Crippen LogP contribution in [0.4, 0.5) is 0 Å². The van der Waals surface area contributed by atoms with E-state index in [9.17, 15) is 14.7 Å². The normalized spacial score (nSPS) is 24.4. The van der Waals surface area contributed by atoms with Gasteiger partial charge in [-0.1, -0.05) is 12.1 Å².